The Kier molecular flexibility index (Phi) is 6.26. The lowest BCUT2D eigenvalue weighted by molar-refractivity contribution is -0.131. The first-order chi connectivity index (χ1) is 13.0. The zero-order chi connectivity index (χ0) is 19.2. The number of nitrogens with one attached hydrogen (secondary N) is 1. The maximum Gasteiger partial charge on any atom is 0.227 e. The number of carbonyl (C=O) groups is 1. The summed E-state index contributed by atoms with van der Waals surface area (Å²) in [7, 11) is 3.96. The highest BCUT2D eigenvalue weighted by molar-refractivity contribution is 5.76. The lowest BCUT2D eigenvalue weighted by Crippen LogP contribution is -2.32. The number of hydrogen-bond donors (Lipinski definition) is 1. The van der Waals surface area contributed by atoms with E-state index in [0.717, 1.165) is 43.9 Å². The summed E-state index contributed by atoms with van der Waals surface area (Å²) < 4.78 is 5.08. The van der Waals surface area contributed by atoms with Crippen molar-refractivity contribution < 1.29 is 9.32 Å². The van der Waals surface area contributed by atoms with Gasteiger partial charge in [-0.25, -0.2) is 4.98 Å². The molecule has 1 aliphatic heterocycles. The van der Waals surface area contributed by atoms with Gasteiger partial charge in [0.05, 0.1) is 11.9 Å². The highest BCUT2D eigenvalue weighted by Gasteiger charge is 2.21. The quantitative estimate of drug-likeness (QED) is 0.832. The number of carbonyl (C=O) groups excluding carboxylic acids is 1. The summed E-state index contributed by atoms with van der Waals surface area (Å²) in [6.07, 6.45) is 5.75. The minimum Gasteiger partial charge on any atom is -0.381 e. The zero-order valence-electron chi connectivity index (χ0n) is 16.3. The van der Waals surface area contributed by atoms with Gasteiger partial charge in [0.2, 0.25) is 11.8 Å². The molecule has 3 rings (SSSR count). The number of aryl methyl sites for hydroxylation is 2. The fraction of sp³-hybridized carbons (Fsp3) is 0.579. The van der Waals surface area contributed by atoms with E-state index in [-0.39, 0.29) is 5.91 Å². The van der Waals surface area contributed by atoms with E-state index in [1.807, 2.05) is 36.2 Å². The molecule has 146 valence electrons. The Hall–Kier alpha value is -2.64. The van der Waals surface area contributed by atoms with Gasteiger partial charge in [0, 0.05) is 46.1 Å². The molecule has 1 fully saturated rings. The maximum atomic E-state index is 12.5. The molecular formula is C19H28N6O2. The van der Waals surface area contributed by atoms with Gasteiger partial charge in [0.1, 0.15) is 5.82 Å². The second-order valence-corrected chi connectivity index (χ2v) is 7.19. The number of anilines is 2. The Bertz CT molecular complexity index is 743. The van der Waals surface area contributed by atoms with Crippen molar-refractivity contribution in [1.82, 2.24) is 20.0 Å². The van der Waals surface area contributed by atoms with Gasteiger partial charge in [-0.05, 0) is 38.3 Å². The van der Waals surface area contributed by atoms with Gasteiger partial charge in [-0.15, -0.1) is 0 Å². The average Bonchev–Trinajstić information content (AvgIpc) is 2.93. The second kappa shape index (κ2) is 8.83. The SMILES string of the molecule is Cc1noc(CCC(=O)N2CCC[C@@H](Nc3ccc(N(C)C)nc3)CC2)n1. The largest absolute Gasteiger partial charge is 0.381 e. The number of amides is 1. The summed E-state index contributed by atoms with van der Waals surface area (Å²) in [6, 6.07) is 4.42. The molecule has 1 N–H and O–H groups in total. The number of pyridine rings is 1. The normalized spacial score (nSPS) is 17.4. The van der Waals surface area contributed by atoms with Gasteiger partial charge < -0.3 is 19.6 Å². The predicted molar refractivity (Wildman–Crippen MR) is 104 cm³/mol. The molecular weight excluding hydrogens is 344 g/mol. The third-order valence-electron chi connectivity index (χ3n) is 4.78. The van der Waals surface area contributed by atoms with E-state index in [1.165, 1.54) is 0 Å². The molecule has 0 unspecified atom stereocenters. The molecule has 0 aliphatic carbocycles. The molecule has 1 amide bonds. The van der Waals surface area contributed by atoms with E-state index in [0.29, 0.717) is 30.6 Å². The van der Waals surface area contributed by atoms with Crippen molar-refractivity contribution >= 4 is 17.4 Å². The van der Waals surface area contributed by atoms with Gasteiger partial charge in [-0.2, -0.15) is 4.98 Å². The lowest BCUT2D eigenvalue weighted by Gasteiger charge is -2.21. The Morgan fingerprint density at radius 2 is 2.19 bits per heavy atom. The average molecular weight is 372 g/mol. The molecule has 0 spiro atoms. The van der Waals surface area contributed by atoms with Crippen molar-refractivity contribution in [2.45, 2.75) is 45.1 Å². The standard InChI is InChI=1S/C19H28N6O2/c1-14-21-18(27-23-14)8-9-19(26)25-11-4-5-15(10-12-25)22-16-6-7-17(20-13-16)24(2)3/h6-7,13,15,22H,4-5,8-12H2,1-3H3/t15-/m1/s1. The molecule has 1 aliphatic rings. The predicted octanol–water partition coefficient (Wildman–Crippen LogP) is 2.26. The van der Waals surface area contributed by atoms with Crippen LogP contribution in [0.4, 0.5) is 11.5 Å². The number of likely N-dealkylation sites (tertiary alicyclic amines) is 1. The van der Waals surface area contributed by atoms with Crippen molar-refractivity contribution in [3.8, 4) is 0 Å². The van der Waals surface area contributed by atoms with Crippen LogP contribution in [0.15, 0.2) is 22.9 Å². The summed E-state index contributed by atoms with van der Waals surface area (Å²) in [5.41, 5.74) is 1.03. The smallest absolute Gasteiger partial charge is 0.227 e. The lowest BCUT2D eigenvalue weighted by atomic mass is 10.1. The number of aromatic nitrogens is 3. The van der Waals surface area contributed by atoms with Gasteiger partial charge in [0.15, 0.2) is 5.82 Å². The molecule has 2 aromatic rings. The van der Waals surface area contributed by atoms with Crippen molar-refractivity contribution in [3.05, 3.63) is 30.0 Å². The first kappa shape index (κ1) is 19.1. The van der Waals surface area contributed by atoms with E-state index in [2.05, 4.69) is 26.5 Å². The zero-order valence-corrected chi connectivity index (χ0v) is 16.3. The van der Waals surface area contributed by atoms with Gasteiger partial charge >= 0.3 is 0 Å². The van der Waals surface area contributed by atoms with Crippen molar-refractivity contribution in [3.63, 3.8) is 0 Å². The minimum atomic E-state index is 0.156. The van der Waals surface area contributed by atoms with E-state index < -0.39 is 0 Å². The molecule has 1 atom stereocenters. The Labute approximate surface area is 159 Å². The van der Waals surface area contributed by atoms with Crippen molar-refractivity contribution in [2.75, 3.05) is 37.4 Å². The van der Waals surface area contributed by atoms with Crippen LogP contribution in [0.3, 0.4) is 0 Å². The fourth-order valence-corrected chi connectivity index (χ4v) is 3.28. The molecule has 8 heteroatoms. The Morgan fingerprint density at radius 3 is 2.85 bits per heavy atom. The fourth-order valence-electron chi connectivity index (χ4n) is 3.28. The molecule has 0 radical (unpaired) electrons. The third kappa shape index (κ3) is 5.42. The summed E-state index contributed by atoms with van der Waals surface area (Å²) in [4.78, 5) is 25.0. The molecule has 8 nitrogen and oxygen atoms in total. The maximum absolute atomic E-state index is 12.5. The van der Waals surface area contributed by atoms with Crippen LogP contribution in [-0.4, -0.2) is 59.2 Å². The summed E-state index contributed by atoms with van der Waals surface area (Å²) in [5, 5.41) is 7.31. The van der Waals surface area contributed by atoms with E-state index in [4.69, 9.17) is 4.52 Å². The topological polar surface area (TPSA) is 87.4 Å². The van der Waals surface area contributed by atoms with Gasteiger partial charge in [0.25, 0.3) is 0 Å². The van der Waals surface area contributed by atoms with E-state index in [9.17, 15) is 4.79 Å². The highest BCUT2D eigenvalue weighted by Crippen LogP contribution is 2.19. The van der Waals surface area contributed by atoms with E-state index in [1.54, 1.807) is 6.92 Å². The Balaban J connectivity index is 1.47. The number of rotatable bonds is 6. The molecule has 0 aromatic carbocycles. The van der Waals surface area contributed by atoms with Crippen LogP contribution in [0, 0.1) is 6.92 Å². The van der Waals surface area contributed by atoms with Crippen molar-refractivity contribution in [2.24, 2.45) is 0 Å². The van der Waals surface area contributed by atoms with Crippen LogP contribution in [0.25, 0.3) is 0 Å². The number of nitrogens with zero attached hydrogens (tertiary/aromatic N) is 5. The second-order valence-electron chi connectivity index (χ2n) is 7.19. The molecule has 0 saturated carbocycles. The summed E-state index contributed by atoms with van der Waals surface area (Å²) in [5.74, 6) is 2.23. The van der Waals surface area contributed by atoms with Gasteiger partial charge in [-0.1, -0.05) is 5.16 Å². The van der Waals surface area contributed by atoms with Crippen LogP contribution in [-0.2, 0) is 11.2 Å². The summed E-state index contributed by atoms with van der Waals surface area (Å²) in [6.45, 7) is 3.35. The van der Waals surface area contributed by atoms with E-state index >= 15 is 0 Å². The molecule has 3 heterocycles. The molecule has 27 heavy (non-hydrogen) atoms. The molecule has 1 saturated heterocycles. The van der Waals surface area contributed by atoms with Gasteiger partial charge in [-0.3, -0.25) is 4.79 Å². The summed E-state index contributed by atoms with van der Waals surface area (Å²) >= 11 is 0. The van der Waals surface area contributed by atoms with Crippen LogP contribution >= 0.6 is 0 Å². The van der Waals surface area contributed by atoms with Crippen LogP contribution in [0.1, 0.15) is 37.4 Å². The monoisotopic (exact) mass is 372 g/mol. The highest BCUT2D eigenvalue weighted by atomic mass is 16.5. The molecule has 0 bridgehead atoms. The first-order valence-electron chi connectivity index (χ1n) is 9.48. The molecule has 2 aromatic heterocycles. The number of hydrogen-bond acceptors (Lipinski definition) is 7. The first-order valence-corrected chi connectivity index (χ1v) is 9.48. The van der Waals surface area contributed by atoms with Crippen molar-refractivity contribution in [1.29, 1.82) is 0 Å². The minimum absolute atomic E-state index is 0.156. The van der Waals surface area contributed by atoms with Crippen LogP contribution in [0.5, 0.6) is 0 Å². The Morgan fingerprint density at radius 1 is 1.33 bits per heavy atom. The third-order valence-corrected chi connectivity index (χ3v) is 4.78. The van der Waals surface area contributed by atoms with Crippen LogP contribution < -0.4 is 10.2 Å². The van der Waals surface area contributed by atoms with Crippen LogP contribution in [0.2, 0.25) is 0 Å².